The first-order chi connectivity index (χ1) is 9.03. The Morgan fingerprint density at radius 3 is 3.00 bits per heavy atom. The van der Waals surface area contributed by atoms with Crippen LogP contribution in [0.25, 0.3) is 0 Å². The van der Waals surface area contributed by atoms with E-state index in [1.165, 1.54) is 30.6 Å². The van der Waals surface area contributed by atoms with Crippen LogP contribution >= 0.6 is 0 Å². The number of hydrogen-bond donors (Lipinski definition) is 1. The van der Waals surface area contributed by atoms with Crippen LogP contribution in [-0.4, -0.2) is 31.8 Å². The fourth-order valence-corrected chi connectivity index (χ4v) is 3.28. The lowest BCUT2D eigenvalue weighted by molar-refractivity contribution is 0.107. The molecule has 1 saturated heterocycles. The predicted octanol–water partition coefficient (Wildman–Crippen LogP) is 2.59. The van der Waals surface area contributed by atoms with E-state index in [2.05, 4.69) is 49.3 Å². The van der Waals surface area contributed by atoms with Gasteiger partial charge in [0, 0.05) is 13.1 Å². The van der Waals surface area contributed by atoms with Crippen molar-refractivity contribution in [1.29, 1.82) is 0 Å². The van der Waals surface area contributed by atoms with E-state index in [-0.39, 0.29) is 5.60 Å². The van der Waals surface area contributed by atoms with Crippen molar-refractivity contribution in [2.75, 3.05) is 25.0 Å². The normalized spacial score (nSPS) is 25.0. The summed E-state index contributed by atoms with van der Waals surface area (Å²) in [6.07, 6.45) is 3.74. The van der Waals surface area contributed by atoms with Gasteiger partial charge in [0.15, 0.2) is 0 Å². The maximum atomic E-state index is 6.06. The Kier molecular flexibility index (Phi) is 3.17. The monoisotopic (exact) mass is 260 g/mol. The molecule has 19 heavy (non-hydrogen) atoms. The summed E-state index contributed by atoms with van der Waals surface area (Å²) >= 11 is 0. The number of ether oxygens (including phenoxy) is 1. The van der Waals surface area contributed by atoms with Crippen LogP contribution in [-0.2, 0) is 6.42 Å². The van der Waals surface area contributed by atoms with Crippen molar-refractivity contribution in [3.63, 3.8) is 0 Å². The van der Waals surface area contributed by atoms with Crippen LogP contribution in [0.4, 0.5) is 5.69 Å². The number of benzene rings is 1. The highest BCUT2D eigenvalue weighted by atomic mass is 16.5. The molecule has 2 aliphatic heterocycles. The van der Waals surface area contributed by atoms with Gasteiger partial charge >= 0.3 is 0 Å². The van der Waals surface area contributed by atoms with Crippen molar-refractivity contribution < 1.29 is 4.74 Å². The lowest BCUT2D eigenvalue weighted by atomic mass is 10.0. The molecule has 3 heteroatoms. The van der Waals surface area contributed by atoms with Gasteiger partial charge in [-0.2, -0.15) is 0 Å². The van der Waals surface area contributed by atoms with E-state index < -0.39 is 0 Å². The van der Waals surface area contributed by atoms with Gasteiger partial charge in [-0.05, 0) is 57.4 Å². The molecule has 104 valence electrons. The lowest BCUT2D eigenvalue weighted by Gasteiger charge is -2.39. The smallest absolute Gasteiger partial charge is 0.143 e. The Bertz CT molecular complexity index is 464. The Morgan fingerprint density at radius 1 is 1.42 bits per heavy atom. The van der Waals surface area contributed by atoms with Crippen molar-refractivity contribution >= 4 is 5.69 Å². The van der Waals surface area contributed by atoms with Crippen molar-refractivity contribution in [2.24, 2.45) is 0 Å². The molecule has 1 atom stereocenters. The Morgan fingerprint density at radius 2 is 2.26 bits per heavy atom. The number of nitrogens with one attached hydrogen (secondary N) is 1. The van der Waals surface area contributed by atoms with E-state index in [0.717, 1.165) is 18.7 Å². The van der Waals surface area contributed by atoms with Crippen molar-refractivity contribution in [3.05, 3.63) is 23.8 Å². The van der Waals surface area contributed by atoms with Crippen LogP contribution in [0.2, 0.25) is 0 Å². The average Bonchev–Trinajstić information content (AvgIpc) is 2.81. The SMILES string of the molecule is CN1CC(C)(C)Oc2ccc(CC3CCCN3)cc21. The summed E-state index contributed by atoms with van der Waals surface area (Å²) in [5.41, 5.74) is 2.54. The maximum absolute atomic E-state index is 6.06. The molecule has 2 heterocycles. The average molecular weight is 260 g/mol. The molecule has 3 rings (SSSR count). The van der Waals surface area contributed by atoms with E-state index in [4.69, 9.17) is 4.74 Å². The fourth-order valence-electron chi connectivity index (χ4n) is 3.28. The standard InChI is InChI=1S/C16H24N2O/c1-16(2)11-18(3)14-10-12(6-7-15(14)19-16)9-13-5-4-8-17-13/h6-7,10,13,17H,4-5,8-9,11H2,1-3H3. The van der Waals surface area contributed by atoms with Crippen LogP contribution in [0.5, 0.6) is 5.75 Å². The van der Waals surface area contributed by atoms with Crippen LogP contribution in [0, 0.1) is 0 Å². The van der Waals surface area contributed by atoms with Gasteiger partial charge in [-0.3, -0.25) is 0 Å². The molecule has 1 N–H and O–H groups in total. The van der Waals surface area contributed by atoms with E-state index >= 15 is 0 Å². The number of fused-ring (bicyclic) bond motifs is 1. The number of hydrogen-bond acceptors (Lipinski definition) is 3. The molecule has 0 radical (unpaired) electrons. The van der Waals surface area contributed by atoms with Gasteiger partial charge in [-0.1, -0.05) is 6.07 Å². The Labute approximate surface area is 115 Å². The van der Waals surface area contributed by atoms with E-state index in [0.29, 0.717) is 6.04 Å². The molecule has 1 aromatic rings. The first-order valence-electron chi connectivity index (χ1n) is 7.30. The third-order valence-corrected chi connectivity index (χ3v) is 4.08. The first kappa shape index (κ1) is 12.8. The fraction of sp³-hybridized carbons (Fsp3) is 0.625. The molecule has 0 bridgehead atoms. The summed E-state index contributed by atoms with van der Waals surface area (Å²) in [5, 5.41) is 3.56. The minimum Gasteiger partial charge on any atom is -0.484 e. The van der Waals surface area contributed by atoms with Crippen LogP contribution in [0.1, 0.15) is 32.3 Å². The molecular formula is C16H24N2O. The van der Waals surface area contributed by atoms with Gasteiger partial charge in [-0.25, -0.2) is 0 Å². The number of likely N-dealkylation sites (N-methyl/N-ethyl adjacent to an activating group) is 1. The highest BCUT2D eigenvalue weighted by Gasteiger charge is 2.30. The molecule has 0 aromatic heterocycles. The van der Waals surface area contributed by atoms with Gasteiger partial charge in [-0.15, -0.1) is 0 Å². The predicted molar refractivity (Wildman–Crippen MR) is 79.1 cm³/mol. The molecule has 0 amide bonds. The van der Waals surface area contributed by atoms with E-state index in [9.17, 15) is 0 Å². The highest BCUT2D eigenvalue weighted by molar-refractivity contribution is 5.61. The number of anilines is 1. The highest BCUT2D eigenvalue weighted by Crippen LogP contribution is 2.37. The van der Waals surface area contributed by atoms with Crippen LogP contribution < -0.4 is 15.0 Å². The Balaban J connectivity index is 1.81. The molecule has 1 aromatic carbocycles. The second kappa shape index (κ2) is 4.71. The molecule has 0 aliphatic carbocycles. The van der Waals surface area contributed by atoms with Gasteiger partial charge in [0.1, 0.15) is 11.4 Å². The Hall–Kier alpha value is -1.22. The second-order valence-electron chi connectivity index (χ2n) is 6.52. The molecule has 2 aliphatic rings. The van der Waals surface area contributed by atoms with E-state index in [1.807, 2.05) is 0 Å². The van der Waals surface area contributed by atoms with E-state index in [1.54, 1.807) is 0 Å². The topological polar surface area (TPSA) is 24.5 Å². The minimum atomic E-state index is -0.101. The first-order valence-corrected chi connectivity index (χ1v) is 7.30. The lowest BCUT2D eigenvalue weighted by Crippen LogP contribution is -2.45. The number of rotatable bonds is 2. The summed E-state index contributed by atoms with van der Waals surface area (Å²) < 4.78 is 6.06. The van der Waals surface area contributed by atoms with Crippen LogP contribution in [0.15, 0.2) is 18.2 Å². The zero-order chi connectivity index (χ0) is 13.5. The molecular weight excluding hydrogens is 236 g/mol. The van der Waals surface area contributed by atoms with Gasteiger partial charge in [0.25, 0.3) is 0 Å². The van der Waals surface area contributed by atoms with Gasteiger partial charge in [0.2, 0.25) is 0 Å². The summed E-state index contributed by atoms with van der Waals surface area (Å²) in [5.74, 6) is 1.02. The molecule has 1 fully saturated rings. The zero-order valence-electron chi connectivity index (χ0n) is 12.2. The summed E-state index contributed by atoms with van der Waals surface area (Å²) in [6.45, 7) is 6.39. The number of nitrogens with zero attached hydrogens (tertiary/aromatic N) is 1. The second-order valence-corrected chi connectivity index (χ2v) is 6.52. The zero-order valence-corrected chi connectivity index (χ0v) is 12.2. The molecule has 3 nitrogen and oxygen atoms in total. The third kappa shape index (κ3) is 2.71. The minimum absolute atomic E-state index is 0.101. The molecule has 1 unspecified atom stereocenters. The summed E-state index contributed by atoms with van der Waals surface area (Å²) in [4.78, 5) is 2.31. The molecule has 0 saturated carbocycles. The van der Waals surface area contributed by atoms with Gasteiger partial charge in [0.05, 0.1) is 12.2 Å². The molecule has 0 spiro atoms. The van der Waals surface area contributed by atoms with Gasteiger partial charge < -0.3 is 15.0 Å². The van der Waals surface area contributed by atoms with Crippen molar-refractivity contribution in [3.8, 4) is 5.75 Å². The third-order valence-electron chi connectivity index (χ3n) is 4.08. The largest absolute Gasteiger partial charge is 0.484 e. The maximum Gasteiger partial charge on any atom is 0.143 e. The van der Waals surface area contributed by atoms with Crippen LogP contribution in [0.3, 0.4) is 0 Å². The summed E-state index contributed by atoms with van der Waals surface area (Å²) in [6, 6.07) is 7.31. The quantitative estimate of drug-likeness (QED) is 0.884. The van der Waals surface area contributed by atoms with Crippen molar-refractivity contribution in [1.82, 2.24) is 5.32 Å². The summed E-state index contributed by atoms with van der Waals surface area (Å²) in [7, 11) is 2.15. The van der Waals surface area contributed by atoms with Crippen molar-refractivity contribution in [2.45, 2.75) is 44.8 Å².